The van der Waals surface area contributed by atoms with Gasteiger partial charge in [0.2, 0.25) is 0 Å². The first-order valence-electron chi connectivity index (χ1n) is 7.41. The molecular weight excluding hydrogens is 300 g/mol. The van der Waals surface area contributed by atoms with Gasteiger partial charge in [0.25, 0.3) is 0 Å². The van der Waals surface area contributed by atoms with Gasteiger partial charge in [0, 0.05) is 28.3 Å². The number of aryl methyl sites for hydroxylation is 1. The molecular formula is C16H23BrN2. The summed E-state index contributed by atoms with van der Waals surface area (Å²) < 4.78 is 1.21. The van der Waals surface area contributed by atoms with E-state index >= 15 is 0 Å². The van der Waals surface area contributed by atoms with E-state index in [-0.39, 0.29) is 0 Å². The largest absolute Gasteiger partial charge is 0.365 e. The molecule has 0 saturated carbocycles. The molecule has 1 aromatic rings. The molecule has 2 bridgehead atoms. The van der Waals surface area contributed by atoms with Crippen molar-refractivity contribution in [3.05, 3.63) is 28.2 Å². The van der Waals surface area contributed by atoms with Crippen molar-refractivity contribution in [3.63, 3.8) is 0 Å². The van der Waals surface area contributed by atoms with Gasteiger partial charge in [-0.25, -0.2) is 0 Å². The minimum Gasteiger partial charge on any atom is -0.365 e. The summed E-state index contributed by atoms with van der Waals surface area (Å²) in [7, 11) is 2.11. The molecule has 0 aliphatic carbocycles. The summed E-state index contributed by atoms with van der Waals surface area (Å²) in [5.74, 6) is 0. The van der Waals surface area contributed by atoms with Crippen molar-refractivity contribution < 1.29 is 0 Å². The fourth-order valence-electron chi connectivity index (χ4n) is 3.83. The summed E-state index contributed by atoms with van der Waals surface area (Å²) in [5.41, 5.74) is 2.76. The maximum absolute atomic E-state index is 3.61. The van der Waals surface area contributed by atoms with E-state index in [0.717, 1.165) is 12.1 Å². The van der Waals surface area contributed by atoms with E-state index in [0.29, 0.717) is 6.04 Å². The number of hydrogen-bond donors (Lipinski definition) is 1. The second-order valence-corrected chi connectivity index (χ2v) is 6.89. The van der Waals surface area contributed by atoms with Gasteiger partial charge in [-0.05, 0) is 69.8 Å². The van der Waals surface area contributed by atoms with Crippen molar-refractivity contribution in [3.8, 4) is 0 Å². The number of rotatable bonds is 2. The number of nitrogens with one attached hydrogen (secondary N) is 1. The van der Waals surface area contributed by atoms with Crippen LogP contribution in [0.4, 0.5) is 5.69 Å². The van der Waals surface area contributed by atoms with Crippen LogP contribution in [-0.2, 0) is 0 Å². The van der Waals surface area contributed by atoms with E-state index < -0.39 is 0 Å². The van der Waals surface area contributed by atoms with Gasteiger partial charge in [0.05, 0.1) is 0 Å². The number of anilines is 1. The van der Waals surface area contributed by atoms with Crippen molar-refractivity contribution >= 4 is 21.6 Å². The van der Waals surface area contributed by atoms with Gasteiger partial charge >= 0.3 is 0 Å². The lowest BCUT2D eigenvalue weighted by Crippen LogP contribution is -2.56. The number of benzene rings is 1. The second kappa shape index (κ2) is 5.45. The Hall–Kier alpha value is -0.540. The predicted octanol–water partition coefficient (Wildman–Crippen LogP) is 3.87. The van der Waals surface area contributed by atoms with Gasteiger partial charge < -0.3 is 10.2 Å². The van der Waals surface area contributed by atoms with E-state index in [4.69, 9.17) is 0 Å². The monoisotopic (exact) mass is 322 g/mol. The molecule has 19 heavy (non-hydrogen) atoms. The highest BCUT2D eigenvalue weighted by molar-refractivity contribution is 9.10. The molecule has 2 fully saturated rings. The standard InChI is InChI=1S/C16H23BrN2/c1-11-8-15(6-7-16(11)17)19-13-4-3-5-14(19)10-12(9-13)18-2/h6-8,12-14,18H,3-5,9-10H2,1-2H3. The third-order valence-electron chi connectivity index (χ3n) is 4.82. The zero-order valence-electron chi connectivity index (χ0n) is 11.8. The fourth-order valence-corrected chi connectivity index (χ4v) is 4.07. The lowest BCUT2D eigenvalue weighted by Gasteiger charge is -2.50. The van der Waals surface area contributed by atoms with E-state index in [1.165, 1.54) is 47.8 Å². The molecule has 104 valence electrons. The van der Waals surface area contributed by atoms with Gasteiger partial charge in [-0.15, -0.1) is 0 Å². The highest BCUT2D eigenvalue weighted by atomic mass is 79.9. The molecule has 0 aromatic heterocycles. The Morgan fingerprint density at radius 2 is 1.89 bits per heavy atom. The highest BCUT2D eigenvalue weighted by Crippen LogP contribution is 2.38. The number of hydrogen-bond acceptors (Lipinski definition) is 2. The molecule has 3 heteroatoms. The summed E-state index contributed by atoms with van der Waals surface area (Å²) >= 11 is 3.61. The molecule has 1 aromatic carbocycles. The van der Waals surface area contributed by atoms with Gasteiger partial charge in [-0.1, -0.05) is 15.9 Å². The SMILES string of the molecule is CNC1CC2CCCC(C1)N2c1ccc(Br)c(C)c1. The van der Waals surface area contributed by atoms with Crippen LogP contribution in [0.15, 0.2) is 22.7 Å². The first-order chi connectivity index (χ1) is 9.19. The Labute approximate surface area is 124 Å². The molecule has 2 aliphatic rings. The predicted molar refractivity (Wildman–Crippen MR) is 84.9 cm³/mol. The topological polar surface area (TPSA) is 15.3 Å². The molecule has 2 atom stereocenters. The van der Waals surface area contributed by atoms with Crippen LogP contribution < -0.4 is 10.2 Å². The number of piperidine rings is 2. The number of fused-ring (bicyclic) bond motifs is 2. The summed E-state index contributed by atoms with van der Waals surface area (Å²) in [6.07, 6.45) is 6.69. The first kappa shape index (κ1) is 13.4. The number of halogens is 1. The first-order valence-corrected chi connectivity index (χ1v) is 8.20. The Balaban J connectivity index is 1.89. The van der Waals surface area contributed by atoms with Crippen LogP contribution >= 0.6 is 15.9 Å². The van der Waals surface area contributed by atoms with Crippen molar-refractivity contribution in [1.29, 1.82) is 0 Å². The van der Waals surface area contributed by atoms with Crippen LogP contribution in [0.1, 0.15) is 37.7 Å². The Morgan fingerprint density at radius 1 is 1.21 bits per heavy atom. The summed E-state index contributed by atoms with van der Waals surface area (Å²) in [6.45, 7) is 2.18. The van der Waals surface area contributed by atoms with Crippen LogP contribution in [0.5, 0.6) is 0 Å². The van der Waals surface area contributed by atoms with Crippen LogP contribution in [0, 0.1) is 6.92 Å². The molecule has 2 heterocycles. The Morgan fingerprint density at radius 3 is 2.47 bits per heavy atom. The molecule has 1 N–H and O–H groups in total. The minimum absolute atomic E-state index is 0.711. The van der Waals surface area contributed by atoms with E-state index in [1.807, 2.05) is 0 Å². The highest BCUT2D eigenvalue weighted by Gasteiger charge is 2.37. The average molecular weight is 323 g/mol. The Bertz CT molecular complexity index is 446. The van der Waals surface area contributed by atoms with Gasteiger partial charge in [0.15, 0.2) is 0 Å². The normalized spacial score (nSPS) is 30.5. The molecule has 2 nitrogen and oxygen atoms in total. The lowest BCUT2D eigenvalue weighted by molar-refractivity contribution is 0.252. The molecule has 0 spiro atoms. The quantitative estimate of drug-likeness (QED) is 0.889. The molecule has 3 rings (SSSR count). The summed E-state index contributed by atoms with van der Waals surface area (Å²) in [5, 5.41) is 3.49. The van der Waals surface area contributed by atoms with Crippen LogP contribution in [0.2, 0.25) is 0 Å². The fraction of sp³-hybridized carbons (Fsp3) is 0.625. The molecule has 2 aliphatic heterocycles. The Kier molecular flexibility index (Phi) is 3.86. The zero-order chi connectivity index (χ0) is 13.4. The van der Waals surface area contributed by atoms with E-state index in [1.54, 1.807) is 0 Å². The molecule has 0 radical (unpaired) electrons. The van der Waals surface area contributed by atoms with Gasteiger partial charge in [-0.3, -0.25) is 0 Å². The smallest absolute Gasteiger partial charge is 0.0374 e. The third-order valence-corrected chi connectivity index (χ3v) is 5.71. The summed E-state index contributed by atoms with van der Waals surface area (Å²) in [6, 6.07) is 8.99. The van der Waals surface area contributed by atoms with Gasteiger partial charge in [0.1, 0.15) is 0 Å². The van der Waals surface area contributed by atoms with Crippen molar-refractivity contribution in [1.82, 2.24) is 5.32 Å². The lowest BCUT2D eigenvalue weighted by atomic mass is 9.81. The molecule has 2 unspecified atom stereocenters. The van der Waals surface area contributed by atoms with E-state index in [9.17, 15) is 0 Å². The maximum atomic E-state index is 3.61. The average Bonchev–Trinajstić information content (AvgIpc) is 2.40. The van der Waals surface area contributed by atoms with E-state index in [2.05, 4.69) is 58.3 Å². The van der Waals surface area contributed by atoms with Crippen LogP contribution in [0.25, 0.3) is 0 Å². The van der Waals surface area contributed by atoms with Crippen LogP contribution in [0.3, 0.4) is 0 Å². The second-order valence-electron chi connectivity index (χ2n) is 6.04. The van der Waals surface area contributed by atoms with Crippen LogP contribution in [-0.4, -0.2) is 25.2 Å². The van der Waals surface area contributed by atoms with Crippen molar-refractivity contribution in [2.45, 2.75) is 57.2 Å². The number of nitrogens with zero attached hydrogens (tertiary/aromatic N) is 1. The third kappa shape index (κ3) is 2.55. The van der Waals surface area contributed by atoms with Crippen molar-refractivity contribution in [2.24, 2.45) is 0 Å². The molecule has 0 amide bonds. The summed E-state index contributed by atoms with van der Waals surface area (Å²) in [4.78, 5) is 2.71. The van der Waals surface area contributed by atoms with Gasteiger partial charge in [-0.2, -0.15) is 0 Å². The minimum atomic E-state index is 0.711. The zero-order valence-corrected chi connectivity index (χ0v) is 13.4. The van der Waals surface area contributed by atoms with Crippen molar-refractivity contribution in [2.75, 3.05) is 11.9 Å². The molecule has 2 saturated heterocycles. The maximum Gasteiger partial charge on any atom is 0.0374 e.